The van der Waals surface area contributed by atoms with E-state index in [4.69, 9.17) is 0 Å². The Balaban J connectivity index is 1.52. The van der Waals surface area contributed by atoms with Crippen LogP contribution in [0.2, 0.25) is 0 Å². The number of aromatic nitrogens is 2. The molecule has 2 heterocycles. The lowest BCUT2D eigenvalue weighted by molar-refractivity contribution is -0.274. The minimum atomic E-state index is -4.86. The molecule has 0 radical (unpaired) electrons. The Morgan fingerprint density at radius 3 is 2.52 bits per heavy atom. The molecule has 29 heavy (non-hydrogen) atoms. The van der Waals surface area contributed by atoms with E-state index in [1.54, 1.807) is 13.2 Å². The summed E-state index contributed by atoms with van der Waals surface area (Å²) in [6.45, 7) is 0.707. The van der Waals surface area contributed by atoms with Gasteiger partial charge in [-0.3, -0.25) is 9.48 Å². The van der Waals surface area contributed by atoms with Gasteiger partial charge in [-0.1, -0.05) is 12.1 Å². The number of benzene rings is 1. The maximum Gasteiger partial charge on any atom is 0.573 e. The summed E-state index contributed by atoms with van der Waals surface area (Å²) in [4.78, 5) is 26.1. The van der Waals surface area contributed by atoms with Crippen LogP contribution in [0.25, 0.3) is 0 Å². The molecule has 0 aliphatic carbocycles. The van der Waals surface area contributed by atoms with Gasteiger partial charge in [0.2, 0.25) is 0 Å². The molecule has 0 atom stereocenters. The number of nitrogens with zero attached hydrogens (tertiary/aromatic N) is 3. The minimum Gasteiger partial charge on any atom is -0.404 e. The molecule has 1 fully saturated rings. The Hall–Kier alpha value is -3.24. The molecule has 3 rings (SSSR count). The van der Waals surface area contributed by atoms with Crippen molar-refractivity contribution in [2.24, 2.45) is 7.05 Å². The van der Waals surface area contributed by atoms with Crippen molar-refractivity contribution in [1.29, 1.82) is 0 Å². The second-order valence-electron chi connectivity index (χ2n) is 6.61. The van der Waals surface area contributed by atoms with Crippen molar-refractivity contribution in [2.45, 2.75) is 25.2 Å². The molecule has 0 bridgehead atoms. The van der Waals surface area contributed by atoms with E-state index in [-0.39, 0.29) is 17.6 Å². The number of nitrogens with one attached hydrogen (secondary N) is 2. The predicted octanol–water partition coefficient (Wildman–Crippen LogP) is 2.75. The number of ether oxygens (including phenoxy) is 1. The average Bonchev–Trinajstić information content (AvgIpc) is 3.09. The molecule has 8 nitrogen and oxygen atoms in total. The van der Waals surface area contributed by atoms with Crippen molar-refractivity contribution in [2.75, 3.05) is 18.4 Å². The molecule has 1 aliphatic heterocycles. The van der Waals surface area contributed by atoms with Crippen LogP contribution in [0.4, 0.5) is 23.7 Å². The summed E-state index contributed by atoms with van der Waals surface area (Å²) in [5.74, 6) is -0.716. The summed E-state index contributed by atoms with van der Waals surface area (Å²) in [7, 11) is 1.71. The number of alkyl halides is 3. The summed E-state index contributed by atoms with van der Waals surface area (Å²) in [5, 5.41) is 9.30. The monoisotopic (exact) mass is 411 g/mol. The highest BCUT2D eigenvalue weighted by molar-refractivity contribution is 5.94. The number of amides is 3. The highest BCUT2D eigenvalue weighted by atomic mass is 19.4. The fourth-order valence-corrected chi connectivity index (χ4v) is 3.01. The molecule has 0 spiro atoms. The lowest BCUT2D eigenvalue weighted by atomic mass is 10.0. The fraction of sp³-hybridized carbons (Fsp3) is 0.389. The van der Waals surface area contributed by atoms with E-state index in [1.807, 2.05) is 0 Å². The van der Waals surface area contributed by atoms with Crippen molar-refractivity contribution in [1.82, 2.24) is 20.0 Å². The van der Waals surface area contributed by atoms with E-state index >= 15 is 0 Å². The average molecular weight is 411 g/mol. The van der Waals surface area contributed by atoms with Gasteiger partial charge in [0, 0.05) is 32.4 Å². The molecule has 1 aromatic carbocycles. The number of rotatable bonds is 4. The van der Waals surface area contributed by atoms with E-state index in [0.29, 0.717) is 31.5 Å². The Morgan fingerprint density at radius 2 is 1.90 bits per heavy atom. The first-order valence-electron chi connectivity index (χ1n) is 8.91. The van der Waals surface area contributed by atoms with Gasteiger partial charge >= 0.3 is 12.4 Å². The predicted molar refractivity (Wildman–Crippen MR) is 97.4 cm³/mol. The number of anilines is 1. The maximum atomic E-state index is 12.5. The van der Waals surface area contributed by atoms with Crippen LogP contribution in [0, 0.1) is 0 Å². The van der Waals surface area contributed by atoms with E-state index in [9.17, 15) is 22.8 Å². The van der Waals surface area contributed by atoms with Gasteiger partial charge in [-0.2, -0.15) is 5.10 Å². The van der Waals surface area contributed by atoms with Crippen LogP contribution in [-0.4, -0.2) is 52.1 Å². The van der Waals surface area contributed by atoms with Gasteiger partial charge in [-0.05, 0) is 25.0 Å². The third kappa shape index (κ3) is 5.62. The topological polar surface area (TPSA) is 88.5 Å². The van der Waals surface area contributed by atoms with Crippen LogP contribution in [0.5, 0.6) is 5.75 Å². The van der Waals surface area contributed by atoms with Crippen molar-refractivity contribution in [3.8, 4) is 5.75 Å². The number of urea groups is 1. The van der Waals surface area contributed by atoms with Gasteiger partial charge in [-0.25, -0.2) is 4.79 Å². The number of halogens is 3. The molecule has 11 heteroatoms. The van der Waals surface area contributed by atoms with Gasteiger partial charge in [0.05, 0.1) is 17.4 Å². The number of carbonyl (C=O) groups is 2. The molecule has 1 saturated heterocycles. The number of carbonyl (C=O) groups excluding carboxylic acids is 2. The van der Waals surface area contributed by atoms with Crippen LogP contribution >= 0.6 is 0 Å². The Labute approximate surface area is 164 Å². The quantitative estimate of drug-likeness (QED) is 0.810. The summed E-state index contributed by atoms with van der Waals surface area (Å²) in [6.07, 6.45) is -0.720. The molecule has 2 aromatic rings. The van der Waals surface area contributed by atoms with Gasteiger partial charge < -0.3 is 20.3 Å². The second kappa shape index (κ2) is 8.41. The summed E-state index contributed by atoms with van der Waals surface area (Å²) < 4.78 is 43.0. The van der Waals surface area contributed by atoms with E-state index in [2.05, 4.69) is 20.5 Å². The smallest absolute Gasteiger partial charge is 0.404 e. The normalized spacial score (nSPS) is 15.1. The first kappa shape index (κ1) is 20.5. The number of hydrogen-bond donors (Lipinski definition) is 2. The number of para-hydroxylation sites is 2. The molecule has 0 saturated carbocycles. The molecular formula is C18H20F3N5O3. The van der Waals surface area contributed by atoms with Crippen LogP contribution < -0.4 is 15.4 Å². The lowest BCUT2D eigenvalue weighted by Crippen LogP contribution is -2.47. The zero-order valence-corrected chi connectivity index (χ0v) is 15.6. The van der Waals surface area contributed by atoms with Gasteiger partial charge in [0.15, 0.2) is 5.75 Å². The van der Waals surface area contributed by atoms with Crippen LogP contribution in [-0.2, 0) is 7.05 Å². The standard InChI is InChI=1S/C18H20F3N5O3/c1-25-11-12(10-22-25)16(27)23-13-6-8-26(9-7-13)17(28)24-14-4-2-3-5-15(14)29-18(19,20)21/h2-5,10-11,13H,6-9H2,1H3,(H,23,27)(H,24,28). The number of piperidine rings is 1. The van der Waals surface area contributed by atoms with Gasteiger partial charge in [-0.15, -0.1) is 13.2 Å². The van der Waals surface area contributed by atoms with Crippen molar-refractivity contribution in [3.05, 3.63) is 42.2 Å². The third-order valence-electron chi connectivity index (χ3n) is 4.44. The Morgan fingerprint density at radius 1 is 1.21 bits per heavy atom. The lowest BCUT2D eigenvalue weighted by Gasteiger charge is -2.32. The number of aryl methyl sites for hydroxylation is 1. The Bertz CT molecular complexity index is 876. The maximum absolute atomic E-state index is 12.5. The van der Waals surface area contributed by atoms with Crippen molar-refractivity contribution in [3.63, 3.8) is 0 Å². The minimum absolute atomic E-state index is 0.0678. The highest BCUT2D eigenvalue weighted by Gasteiger charge is 2.32. The fourth-order valence-electron chi connectivity index (χ4n) is 3.01. The van der Waals surface area contributed by atoms with Crippen LogP contribution in [0.3, 0.4) is 0 Å². The molecular weight excluding hydrogens is 391 g/mol. The Kier molecular flexibility index (Phi) is 5.95. The third-order valence-corrected chi connectivity index (χ3v) is 4.44. The molecule has 156 valence electrons. The number of hydrogen-bond acceptors (Lipinski definition) is 4. The molecule has 2 N–H and O–H groups in total. The largest absolute Gasteiger partial charge is 0.573 e. The van der Waals surface area contributed by atoms with E-state index in [1.165, 1.54) is 34.0 Å². The summed E-state index contributed by atoms with van der Waals surface area (Å²) >= 11 is 0. The van der Waals surface area contributed by atoms with Crippen LogP contribution in [0.15, 0.2) is 36.7 Å². The zero-order valence-electron chi connectivity index (χ0n) is 15.6. The zero-order chi connectivity index (χ0) is 21.0. The molecule has 1 aliphatic rings. The van der Waals surface area contributed by atoms with Crippen molar-refractivity contribution >= 4 is 17.6 Å². The first-order chi connectivity index (χ1) is 13.7. The molecule has 0 unspecified atom stereocenters. The summed E-state index contributed by atoms with van der Waals surface area (Å²) in [5.41, 5.74) is 0.385. The molecule has 3 amide bonds. The van der Waals surface area contributed by atoms with Crippen LogP contribution in [0.1, 0.15) is 23.2 Å². The van der Waals surface area contributed by atoms with Crippen molar-refractivity contribution < 1.29 is 27.5 Å². The number of likely N-dealkylation sites (tertiary alicyclic amines) is 1. The van der Waals surface area contributed by atoms with Gasteiger partial charge in [0.25, 0.3) is 5.91 Å². The second-order valence-corrected chi connectivity index (χ2v) is 6.61. The summed E-state index contributed by atoms with van der Waals surface area (Å²) in [6, 6.07) is 4.71. The highest BCUT2D eigenvalue weighted by Crippen LogP contribution is 2.30. The van der Waals surface area contributed by atoms with E-state index in [0.717, 1.165) is 6.07 Å². The first-order valence-corrected chi connectivity index (χ1v) is 8.91. The van der Waals surface area contributed by atoms with E-state index < -0.39 is 18.1 Å². The SMILES string of the molecule is Cn1cc(C(=O)NC2CCN(C(=O)Nc3ccccc3OC(F)(F)F)CC2)cn1. The van der Waals surface area contributed by atoms with Gasteiger partial charge in [0.1, 0.15) is 0 Å². The molecule has 1 aromatic heterocycles.